The Balaban J connectivity index is 2.48. The topological polar surface area (TPSA) is 38.3 Å². The minimum Gasteiger partial charge on any atom is -0.468 e. The van der Waals surface area contributed by atoms with Gasteiger partial charge in [0.25, 0.3) is 0 Å². The van der Waals surface area contributed by atoms with Crippen molar-refractivity contribution >= 4 is 5.97 Å². The van der Waals surface area contributed by atoms with Crippen molar-refractivity contribution in [2.24, 2.45) is 0 Å². The minimum absolute atomic E-state index is 0.185. The van der Waals surface area contributed by atoms with Gasteiger partial charge in [-0.05, 0) is 24.9 Å². The van der Waals surface area contributed by atoms with Gasteiger partial charge in [-0.1, -0.05) is 50.1 Å². The van der Waals surface area contributed by atoms with E-state index in [1.807, 2.05) is 30.3 Å². The summed E-state index contributed by atoms with van der Waals surface area (Å²) in [7, 11) is 1.44. The van der Waals surface area contributed by atoms with Crippen molar-refractivity contribution < 1.29 is 9.53 Å². The van der Waals surface area contributed by atoms with Gasteiger partial charge in [0.05, 0.1) is 7.11 Å². The first kappa shape index (κ1) is 14.7. The summed E-state index contributed by atoms with van der Waals surface area (Å²) < 4.78 is 4.84. The van der Waals surface area contributed by atoms with Crippen LogP contribution in [0.4, 0.5) is 0 Å². The largest absolute Gasteiger partial charge is 0.468 e. The molecule has 0 radical (unpaired) electrons. The maximum absolute atomic E-state index is 11.7. The molecule has 0 aromatic heterocycles. The van der Waals surface area contributed by atoms with Crippen LogP contribution in [0.25, 0.3) is 0 Å². The molecule has 0 aliphatic rings. The summed E-state index contributed by atoms with van der Waals surface area (Å²) in [6.07, 6.45) is 4.15. The van der Waals surface area contributed by atoms with E-state index in [1.165, 1.54) is 20.0 Å². The van der Waals surface area contributed by atoms with E-state index < -0.39 is 0 Å². The lowest BCUT2D eigenvalue weighted by molar-refractivity contribution is -0.143. The van der Waals surface area contributed by atoms with Gasteiger partial charge in [-0.2, -0.15) is 0 Å². The van der Waals surface area contributed by atoms with Gasteiger partial charge >= 0.3 is 5.97 Å². The number of carbonyl (C=O) groups is 1. The van der Waals surface area contributed by atoms with Crippen molar-refractivity contribution in [1.82, 2.24) is 5.32 Å². The van der Waals surface area contributed by atoms with E-state index in [-0.39, 0.29) is 12.0 Å². The van der Waals surface area contributed by atoms with Crippen LogP contribution in [-0.4, -0.2) is 25.7 Å². The highest BCUT2D eigenvalue weighted by molar-refractivity contribution is 5.76. The molecule has 0 unspecified atom stereocenters. The van der Waals surface area contributed by atoms with Crippen LogP contribution in [-0.2, 0) is 16.0 Å². The van der Waals surface area contributed by atoms with Crippen molar-refractivity contribution in [3.63, 3.8) is 0 Å². The molecule has 0 bridgehead atoms. The smallest absolute Gasteiger partial charge is 0.323 e. The third kappa shape index (κ3) is 5.32. The molecule has 0 saturated heterocycles. The molecule has 0 aliphatic heterocycles. The van der Waals surface area contributed by atoms with Gasteiger partial charge in [0, 0.05) is 0 Å². The second kappa shape index (κ2) is 8.70. The van der Waals surface area contributed by atoms with E-state index in [0.717, 1.165) is 18.5 Å². The third-order valence-corrected chi connectivity index (χ3v) is 2.94. The molecule has 0 amide bonds. The van der Waals surface area contributed by atoms with Crippen molar-refractivity contribution in [3.8, 4) is 0 Å². The van der Waals surface area contributed by atoms with Crippen molar-refractivity contribution in [3.05, 3.63) is 35.9 Å². The Morgan fingerprint density at radius 3 is 2.61 bits per heavy atom. The van der Waals surface area contributed by atoms with E-state index in [4.69, 9.17) is 4.74 Å². The molecule has 0 heterocycles. The molecule has 1 N–H and O–H groups in total. The van der Waals surface area contributed by atoms with Gasteiger partial charge in [-0.25, -0.2) is 0 Å². The summed E-state index contributed by atoms with van der Waals surface area (Å²) in [4.78, 5) is 11.7. The minimum atomic E-state index is -0.241. The molecule has 0 spiro atoms. The summed E-state index contributed by atoms with van der Waals surface area (Å²) in [6, 6.07) is 9.77. The highest BCUT2D eigenvalue weighted by Crippen LogP contribution is 2.05. The van der Waals surface area contributed by atoms with Crippen LogP contribution in [0.15, 0.2) is 30.3 Å². The molecule has 0 fully saturated rings. The predicted molar refractivity (Wildman–Crippen MR) is 73.5 cm³/mol. The highest BCUT2D eigenvalue weighted by Gasteiger charge is 2.18. The first-order valence-corrected chi connectivity index (χ1v) is 6.63. The third-order valence-electron chi connectivity index (χ3n) is 2.94. The molecule has 3 nitrogen and oxygen atoms in total. The molecular formula is C15H23NO2. The zero-order chi connectivity index (χ0) is 13.2. The number of hydrogen-bond acceptors (Lipinski definition) is 3. The Morgan fingerprint density at radius 1 is 1.28 bits per heavy atom. The second-order valence-corrected chi connectivity index (χ2v) is 4.43. The normalized spacial score (nSPS) is 12.1. The Hall–Kier alpha value is -1.35. The van der Waals surface area contributed by atoms with Crippen molar-refractivity contribution in [2.75, 3.05) is 13.7 Å². The number of rotatable bonds is 8. The molecule has 1 atom stereocenters. The van der Waals surface area contributed by atoms with Crippen LogP contribution < -0.4 is 5.32 Å². The number of unbranched alkanes of at least 4 members (excludes halogenated alkanes) is 2. The van der Waals surface area contributed by atoms with E-state index >= 15 is 0 Å². The number of hydrogen-bond donors (Lipinski definition) is 1. The first-order chi connectivity index (χ1) is 8.77. The number of esters is 1. The Morgan fingerprint density at radius 2 is 2.00 bits per heavy atom. The zero-order valence-corrected chi connectivity index (χ0v) is 11.3. The van der Waals surface area contributed by atoms with Gasteiger partial charge in [0.2, 0.25) is 0 Å². The summed E-state index contributed by atoms with van der Waals surface area (Å²) in [5.74, 6) is -0.185. The lowest BCUT2D eigenvalue weighted by atomic mass is 10.1. The maximum atomic E-state index is 11.7. The van der Waals surface area contributed by atoms with Crippen molar-refractivity contribution in [1.29, 1.82) is 0 Å². The zero-order valence-electron chi connectivity index (χ0n) is 11.3. The lowest BCUT2D eigenvalue weighted by Gasteiger charge is -2.16. The molecular weight excluding hydrogens is 226 g/mol. The monoisotopic (exact) mass is 249 g/mol. The Bertz CT molecular complexity index is 338. The average Bonchev–Trinajstić information content (AvgIpc) is 2.42. The lowest BCUT2D eigenvalue weighted by Crippen LogP contribution is -2.39. The van der Waals surface area contributed by atoms with Gasteiger partial charge in [0.1, 0.15) is 6.04 Å². The van der Waals surface area contributed by atoms with E-state index in [1.54, 1.807) is 0 Å². The van der Waals surface area contributed by atoms with Crippen molar-refractivity contribution in [2.45, 2.75) is 38.6 Å². The molecule has 0 aliphatic carbocycles. The van der Waals surface area contributed by atoms with Crippen LogP contribution in [0, 0.1) is 0 Å². The molecule has 1 aromatic carbocycles. The van der Waals surface area contributed by atoms with Crippen LogP contribution in [0.2, 0.25) is 0 Å². The summed E-state index contributed by atoms with van der Waals surface area (Å²) in [5, 5.41) is 3.28. The maximum Gasteiger partial charge on any atom is 0.323 e. The quantitative estimate of drug-likeness (QED) is 0.568. The first-order valence-electron chi connectivity index (χ1n) is 6.63. The molecule has 0 saturated carbocycles. The van der Waals surface area contributed by atoms with Crippen LogP contribution >= 0.6 is 0 Å². The average molecular weight is 249 g/mol. The van der Waals surface area contributed by atoms with Gasteiger partial charge in [0.15, 0.2) is 0 Å². The standard InChI is InChI=1S/C15H23NO2/c1-3-4-8-11-16-14(15(17)18-2)12-13-9-6-5-7-10-13/h5-7,9-10,14,16H,3-4,8,11-12H2,1-2H3/t14-/m1/s1. The summed E-state index contributed by atoms with van der Waals surface area (Å²) >= 11 is 0. The van der Waals surface area contributed by atoms with Crippen LogP contribution in [0.1, 0.15) is 31.7 Å². The number of carbonyl (C=O) groups excluding carboxylic acids is 1. The number of nitrogens with one attached hydrogen (secondary N) is 1. The summed E-state index contributed by atoms with van der Waals surface area (Å²) in [6.45, 7) is 3.03. The Kier molecular flexibility index (Phi) is 7.11. The van der Waals surface area contributed by atoms with Gasteiger partial charge in [-0.3, -0.25) is 4.79 Å². The molecule has 1 aromatic rings. The fourth-order valence-electron chi connectivity index (χ4n) is 1.88. The molecule has 3 heteroatoms. The highest BCUT2D eigenvalue weighted by atomic mass is 16.5. The molecule has 100 valence electrons. The van der Waals surface area contributed by atoms with Crippen LogP contribution in [0.3, 0.4) is 0 Å². The SMILES string of the molecule is CCCCCN[C@H](Cc1ccccc1)C(=O)OC. The second-order valence-electron chi connectivity index (χ2n) is 4.43. The predicted octanol–water partition coefficient (Wildman–Crippen LogP) is 2.55. The van der Waals surface area contributed by atoms with E-state index in [2.05, 4.69) is 12.2 Å². The summed E-state index contributed by atoms with van der Waals surface area (Å²) in [5.41, 5.74) is 1.15. The number of benzene rings is 1. The van der Waals surface area contributed by atoms with E-state index in [9.17, 15) is 4.79 Å². The molecule has 18 heavy (non-hydrogen) atoms. The van der Waals surface area contributed by atoms with Crippen LogP contribution in [0.5, 0.6) is 0 Å². The van der Waals surface area contributed by atoms with E-state index in [0.29, 0.717) is 6.42 Å². The fraction of sp³-hybridized carbons (Fsp3) is 0.533. The number of ether oxygens (including phenoxy) is 1. The Labute approximate surface area is 110 Å². The van der Waals surface area contributed by atoms with Gasteiger partial charge < -0.3 is 10.1 Å². The molecule has 1 rings (SSSR count). The fourth-order valence-corrected chi connectivity index (χ4v) is 1.88. The number of methoxy groups -OCH3 is 1. The van der Waals surface area contributed by atoms with Gasteiger partial charge in [-0.15, -0.1) is 0 Å².